The van der Waals surface area contributed by atoms with Crippen LogP contribution in [-0.4, -0.2) is 64.5 Å². The lowest BCUT2D eigenvalue weighted by molar-refractivity contribution is -0.132. The molecule has 0 saturated carbocycles. The molecule has 0 spiro atoms. The molecule has 1 atom stereocenters. The molecule has 0 bridgehead atoms. The number of hydrogen-bond acceptors (Lipinski definition) is 5. The van der Waals surface area contributed by atoms with Crippen molar-refractivity contribution in [2.45, 2.75) is 26.3 Å². The van der Waals surface area contributed by atoms with E-state index in [1.165, 1.54) is 0 Å². The molecule has 2 heterocycles. The summed E-state index contributed by atoms with van der Waals surface area (Å²) in [7, 11) is 0. The number of aryl methyl sites for hydroxylation is 1. The average molecular weight is 534 g/mol. The quantitative estimate of drug-likeness (QED) is 0.318. The maximum atomic E-state index is 13.8. The minimum Gasteiger partial charge on any atom is -0.353 e. The van der Waals surface area contributed by atoms with Crippen molar-refractivity contribution in [3.8, 4) is 11.3 Å². The first-order valence-electron chi connectivity index (χ1n) is 13.8. The molecular formula is C33H35N5O2. The number of amides is 2. The summed E-state index contributed by atoms with van der Waals surface area (Å²) >= 11 is 0. The fourth-order valence-electron chi connectivity index (χ4n) is 5.16. The summed E-state index contributed by atoms with van der Waals surface area (Å²) in [6, 6.07) is 31.2. The van der Waals surface area contributed by atoms with Crippen molar-refractivity contribution in [2.75, 3.05) is 37.6 Å². The monoisotopic (exact) mass is 533 g/mol. The fraction of sp³-hybridized carbons (Fsp3) is 0.273. The average Bonchev–Trinajstić information content (AvgIpc) is 3.27. The van der Waals surface area contributed by atoms with Crippen LogP contribution in [0, 0.1) is 6.92 Å². The number of hydrogen-bond donors (Lipinski definition) is 0. The van der Waals surface area contributed by atoms with E-state index in [0.717, 1.165) is 41.2 Å². The molecular weight excluding hydrogens is 498 g/mol. The predicted molar refractivity (Wildman–Crippen MR) is 158 cm³/mol. The van der Waals surface area contributed by atoms with E-state index < -0.39 is 0 Å². The topological polar surface area (TPSA) is 69.6 Å². The van der Waals surface area contributed by atoms with E-state index in [-0.39, 0.29) is 24.4 Å². The van der Waals surface area contributed by atoms with E-state index in [9.17, 15) is 9.59 Å². The molecule has 7 heteroatoms. The molecule has 0 N–H and O–H groups in total. The SMILES string of the molecule is Cc1ccccc1C(=O)N(CC(=O)N1CCCN(c2ccc(-c3ccccc3)nn2)CC1)[C@@H](C)c1ccccc1. The highest BCUT2D eigenvalue weighted by Gasteiger charge is 2.29. The third-order valence-corrected chi connectivity index (χ3v) is 7.58. The second-order valence-electron chi connectivity index (χ2n) is 10.2. The van der Waals surface area contributed by atoms with Crippen LogP contribution in [0.2, 0.25) is 0 Å². The number of anilines is 1. The van der Waals surface area contributed by atoms with E-state index in [2.05, 4.69) is 15.1 Å². The fourth-order valence-corrected chi connectivity index (χ4v) is 5.16. The van der Waals surface area contributed by atoms with Gasteiger partial charge in [-0.2, -0.15) is 0 Å². The second-order valence-corrected chi connectivity index (χ2v) is 10.2. The van der Waals surface area contributed by atoms with Gasteiger partial charge < -0.3 is 14.7 Å². The molecule has 3 aromatic carbocycles. The molecule has 1 fully saturated rings. The predicted octanol–water partition coefficient (Wildman–Crippen LogP) is 5.39. The number of carbonyl (C=O) groups is 2. The lowest BCUT2D eigenvalue weighted by atomic mass is 10.0. The smallest absolute Gasteiger partial charge is 0.255 e. The van der Waals surface area contributed by atoms with Gasteiger partial charge in [0, 0.05) is 37.3 Å². The molecule has 1 aromatic heterocycles. The highest BCUT2D eigenvalue weighted by atomic mass is 16.2. The van der Waals surface area contributed by atoms with E-state index in [0.29, 0.717) is 25.2 Å². The maximum Gasteiger partial charge on any atom is 0.255 e. The standard InChI is InChI=1S/C33H35N5O2/c1-25-12-9-10-17-29(25)33(40)38(26(2)27-13-5-3-6-14-27)24-32(39)37-21-11-20-36(22-23-37)31-19-18-30(34-35-31)28-15-7-4-8-16-28/h3-10,12-19,26H,11,20-24H2,1-2H3/t26-/m0/s1. The minimum atomic E-state index is -0.251. The summed E-state index contributed by atoms with van der Waals surface area (Å²) in [6.45, 7) is 6.58. The number of nitrogens with zero attached hydrogens (tertiary/aromatic N) is 5. The molecule has 0 radical (unpaired) electrons. The molecule has 5 rings (SSSR count). The Balaban J connectivity index is 1.28. The molecule has 0 unspecified atom stereocenters. The van der Waals surface area contributed by atoms with Crippen molar-refractivity contribution < 1.29 is 9.59 Å². The van der Waals surface area contributed by atoms with Gasteiger partial charge in [-0.3, -0.25) is 9.59 Å². The molecule has 0 aliphatic carbocycles. The van der Waals surface area contributed by atoms with Crippen LogP contribution in [0.15, 0.2) is 97.1 Å². The Labute approximate surface area is 236 Å². The van der Waals surface area contributed by atoms with Gasteiger partial charge in [-0.15, -0.1) is 10.2 Å². The van der Waals surface area contributed by atoms with Crippen LogP contribution in [0.5, 0.6) is 0 Å². The van der Waals surface area contributed by atoms with Crippen molar-refractivity contribution in [3.05, 3.63) is 114 Å². The maximum absolute atomic E-state index is 13.8. The Morgan fingerprint density at radius 2 is 1.50 bits per heavy atom. The highest BCUT2D eigenvalue weighted by Crippen LogP contribution is 2.24. The van der Waals surface area contributed by atoms with Gasteiger partial charge in [0.05, 0.1) is 11.7 Å². The van der Waals surface area contributed by atoms with Crippen molar-refractivity contribution >= 4 is 17.6 Å². The Hall–Kier alpha value is -4.52. The normalized spacial score (nSPS) is 14.3. The van der Waals surface area contributed by atoms with Crippen LogP contribution >= 0.6 is 0 Å². The number of aromatic nitrogens is 2. The van der Waals surface area contributed by atoms with Gasteiger partial charge in [0.15, 0.2) is 5.82 Å². The van der Waals surface area contributed by atoms with Crippen LogP contribution in [0.3, 0.4) is 0 Å². The van der Waals surface area contributed by atoms with E-state index in [1.54, 1.807) is 4.90 Å². The Morgan fingerprint density at radius 1 is 0.800 bits per heavy atom. The Bertz CT molecular complexity index is 1430. The van der Waals surface area contributed by atoms with E-state index in [1.807, 2.05) is 116 Å². The van der Waals surface area contributed by atoms with Crippen molar-refractivity contribution in [1.82, 2.24) is 20.0 Å². The minimum absolute atomic E-state index is 0.0226. The third kappa shape index (κ3) is 6.20. The van der Waals surface area contributed by atoms with Crippen molar-refractivity contribution in [3.63, 3.8) is 0 Å². The van der Waals surface area contributed by atoms with Crippen molar-refractivity contribution in [2.24, 2.45) is 0 Å². The van der Waals surface area contributed by atoms with Crippen LogP contribution in [-0.2, 0) is 4.79 Å². The second kappa shape index (κ2) is 12.6. The van der Waals surface area contributed by atoms with Gasteiger partial charge in [0.2, 0.25) is 5.91 Å². The first-order valence-corrected chi connectivity index (χ1v) is 13.8. The largest absolute Gasteiger partial charge is 0.353 e. The molecule has 2 amide bonds. The van der Waals surface area contributed by atoms with Gasteiger partial charge in [0.25, 0.3) is 5.91 Å². The molecule has 204 valence electrons. The van der Waals surface area contributed by atoms with Gasteiger partial charge in [-0.1, -0.05) is 78.9 Å². The first-order chi connectivity index (χ1) is 19.5. The van der Waals surface area contributed by atoms with Crippen LogP contribution in [0.4, 0.5) is 5.82 Å². The Morgan fingerprint density at radius 3 is 2.20 bits per heavy atom. The zero-order chi connectivity index (χ0) is 27.9. The lowest BCUT2D eigenvalue weighted by Crippen LogP contribution is -2.45. The molecule has 4 aromatic rings. The van der Waals surface area contributed by atoms with Gasteiger partial charge in [-0.05, 0) is 49.6 Å². The van der Waals surface area contributed by atoms with Crippen LogP contribution in [0.25, 0.3) is 11.3 Å². The van der Waals surface area contributed by atoms with Crippen LogP contribution < -0.4 is 4.90 Å². The molecule has 1 aliphatic rings. The summed E-state index contributed by atoms with van der Waals surface area (Å²) < 4.78 is 0. The number of carbonyl (C=O) groups excluding carboxylic acids is 2. The highest BCUT2D eigenvalue weighted by molar-refractivity contribution is 5.98. The zero-order valence-electron chi connectivity index (χ0n) is 23.1. The van der Waals surface area contributed by atoms with Gasteiger partial charge in [-0.25, -0.2) is 0 Å². The molecule has 1 saturated heterocycles. The van der Waals surface area contributed by atoms with E-state index in [4.69, 9.17) is 0 Å². The van der Waals surface area contributed by atoms with Crippen LogP contribution in [0.1, 0.15) is 40.9 Å². The summed E-state index contributed by atoms with van der Waals surface area (Å²) in [4.78, 5) is 33.2. The van der Waals surface area contributed by atoms with Crippen molar-refractivity contribution in [1.29, 1.82) is 0 Å². The Kier molecular flexibility index (Phi) is 8.50. The zero-order valence-corrected chi connectivity index (χ0v) is 23.1. The third-order valence-electron chi connectivity index (χ3n) is 7.58. The van der Waals surface area contributed by atoms with Gasteiger partial charge >= 0.3 is 0 Å². The van der Waals surface area contributed by atoms with E-state index >= 15 is 0 Å². The summed E-state index contributed by atoms with van der Waals surface area (Å²) in [6.07, 6.45) is 0.813. The summed E-state index contributed by atoms with van der Waals surface area (Å²) in [5.41, 5.74) is 4.38. The lowest BCUT2D eigenvalue weighted by Gasteiger charge is -2.32. The summed E-state index contributed by atoms with van der Waals surface area (Å²) in [5.74, 6) is 0.633. The van der Waals surface area contributed by atoms with Gasteiger partial charge in [0.1, 0.15) is 6.54 Å². The number of benzene rings is 3. The molecule has 40 heavy (non-hydrogen) atoms. The number of rotatable bonds is 7. The summed E-state index contributed by atoms with van der Waals surface area (Å²) in [5, 5.41) is 8.92. The molecule has 7 nitrogen and oxygen atoms in total. The molecule has 1 aliphatic heterocycles. The first kappa shape index (κ1) is 27.1.